The van der Waals surface area contributed by atoms with Crippen LogP contribution in [0.5, 0.6) is 0 Å². The first-order valence-electron chi connectivity index (χ1n) is 6.81. The van der Waals surface area contributed by atoms with Crippen molar-refractivity contribution >= 4 is 23.2 Å². The smallest absolute Gasteiger partial charge is 0.254 e. The molecule has 1 atom stereocenters. The molecular weight excluding hydrogens is 260 g/mol. The molecule has 0 unspecified atom stereocenters. The van der Waals surface area contributed by atoms with Gasteiger partial charge in [0, 0.05) is 24.9 Å². The molecule has 1 aromatic heterocycles. The van der Waals surface area contributed by atoms with Crippen LogP contribution in [0.4, 0.5) is 0 Å². The summed E-state index contributed by atoms with van der Waals surface area (Å²) in [4.78, 5) is 25.9. The van der Waals surface area contributed by atoms with Crippen molar-refractivity contribution in [2.24, 2.45) is 0 Å². The molecule has 2 fully saturated rings. The Balaban J connectivity index is 1.74. The molecule has 1 aromatic rings. The van der Waals surface area contributed by atoms with E-state index >= 15 is 0 Å². The van der Waals surface area contributed by atoms with Crippen molar-refractivity contribution < 1.29 is 9.59 Å². The number of hydrogen-bond acceptors (Lipinski definition) is 3. The van der Waals surface area contributed by atoms with Gasteiger partial charge in [-0.15, -0.1) is 0 Å². The number of nitrogens with zero attached hydrogens (tertiary/aromatic N) is 1. The van der Waals surface area contributed by atoms with E-state index in [1.165, 1.54) is 0 Å². The van der Waals surface area contributed by atoms with E-state index in [-0.39, 0.29) is 17.4 Å². The lowest BCUT2D eigenvalue weighted by Crippen LogP contribution is -2.61. The van der Waals surface area contributed by atoms with E-state index in [1.54, 1.807) is 11.3 Å². The summed E-state index contributed by atoms with van der Waals surface area (Å²) in [5.74, 6) is 0.233. The second-order valence-electron chi connectivity index (χ2n) is 5.52. The van der Waals surface area contributed by atoms with Gasteiger partial charge >= 0.3 is 0 Å². The molecule has 5 heteroatoms. The van der Waals surface area contributed by atoms with E-state index in [0.29, 0.717) is 13.0 Å². The number of carbonyl (C=O) groups is 2. The maximum Gasteiger partial charge on any atom is 0.254 e. The highest BCUT2D eigenvalue weighted by Gasteiger charge is 2.40. The SMILES string of the molecule is O=C1CCC[C@@]2(CCCN(C(=O)c3ccsc3)C2)N1. The predicted octanol–water partition coefficient (Wildman–Crippen LogP) is 2.02. The Hall–Kier alpha value is -1.36. The molecule has 2 aliphatic rings. The van der Waals surface area contributed by atoms with Crippen LogP contribution in [0.15, 0.2) is 16.8 Å². The van der Waals surface area contributed by atoms with E-state index < -0.39 is 0 Å². The van der Waals surface area contributed by atoms with Gasteiger partial charge in [0.05, 0.1) is 11.1 Å². The van der Waals surface area contributed by atoms with Crippen molar-refractivity contribution in [2.45, 2.75) is 37.6 Å². The highest BCUT2D eigenvalue weighted by atomic mass is 32.1. The molecule has 0 aromatic carbocycles. The van der Waals surface area contributed by atoms with Crippen LogP contribution in [0.25, 0.3) is 0 Å². The first kappa shape index (κ1) is 12.7. The standard InChI is InChI=1S/C14H18N2O2S/c17-12-3-1-5-14(15-12)6-2-7-16(10-14)13(18)11-4-8-19-9-11/h4,8-9H,1-3,5-7,10H2,(H,15,17)/t14-/m0/s1. The van der Waals surface area contributed by atoms with Crippen LogP contribution in [0.3, 0.4) is 0 Å². The summed E-state index contributed by atoms with van der Waals surface area (Å²) in [5.41, 5.74) is 0.600. The maximum atomic E-state index is 12.4. The Kier molecular flexibility index (Phi) is 3.31. The number of nitrogens with one attached hydrogen (secondary N) is 1. The number of carbonyl (C=O) groups excluding carboxylic acids is 2. The normalized spacial score (nSPS) is 27.4. The topological polar surface area (TPSA) is 49.4 Å². The van der Waals surface area contributed by atoms with Gasteiger partial charge in [0.25, 0.3) is 5.91 Å². The van der Waals surface area contributed by atoms with Crippen LogP contribution in [-0.2, 0) is 4.79 Å². The van der Waals surface area contributed by atoms with Gasteiger partial charge in [0.1, 0.15) is 0 Å². The summed E-state index contributed by atoms with van der Waals surface area (Å²) in [6.45, 7) is 1.46. The van der Waals surface area contributed by atoms with Crippen LogP contribution in [0.1, 0.15) is 42.5 Å². The third-order valence-electron chi connectivity index (χ3n) is 4.10. The van der Waals surface area contributed by atoms with Crippen molar-refractivity contribution in [3.63, 3.8) is 0 Å². The van der Waals surface area contributed by atoms with E-state index in [0.717, 1.165) is 37.8 Å². The average molecular weight is 278 g/mol. The summed E-state index contributed by atoms with van der Waals surface area (Å²) in [5, 5.41) is 6.95. The minimum absolute atomic E-state index is 0.0974. The molecular formula is C14H18N2O2S. The monoisotopic (exact) mass is 278 g/mol. The van der Waals surface area contributed by atoms with Crippen LogP contribution < -0.4 is 5.32 Å². The van der Waals surface area contributed by atoms with E-state index in [1.807, 2.05) is 21.7 Å². The molecule has 19 heavy (non-hydrogen) atoms. The molecule has 2 aliphatic heterocycles. The molecule has 102 valence electrons. The van der Waals surface area contributed by atoms with Gasteiger partial charge in [-0.3, -0.25) is 9.59 Å². The average Bonchev–Trinajstić information content (AvgIpc) is 2.91. The summed E-state index contributed by atoms with van der Waals surface area (Å²) < 4.78 is 0. The molecule has 3 rings (SSSR count). The van der Waals surface area contributed by atoms with Crippen molar-refractivity contribution in [2.75, 3.05) is 13.1 Å². The Labute approximate surface area is 116 Å². The Morgan fingerprint density at radius 2 is 2.21 bits per heavy atom. The molecule has 2 amide bonds. The van der Waals surface area contributed by atoms with Gasteiger partial charge in [-0.2, -0.15) is 11.3 Å². The number of piperidine rings is 2. The Bertz CT molecular complexity index is 482. The molecule has 0 bridgehead atoms. The lowest BCUT2D eigenvalue weighted by atomic mass is 9.81. The zero-order chi connectivity index (χ0) is 13.3. The van der Waals surface area contributed by atoms with Gasteiger partial charge in [0.15, 0.2) is 0 Å². The highest BCUT2D eigenvalue weighted by molar-refractivity contribution is 7.08. The van der Waals surface area contributed by atoms with Gasteiger partial charge in [-0.05, 0) is 37.1 Å². The number of thiophene rings is 1. The quantitative estimate of drug-likeness (QED) is 0.854. The van der Waals surface area contributed by atoms with Crippen LogP contribution >= 0.6 is 11.3 Å². The second kappa shape index (κ2) is 4.96. The molecule has 2 saturated heterocycles. The summed E-state index contributed by atoms with van der Waals surface area (Å²) in [6, 6.07) is 1.87. The van der Waals surface area contributed by atoms with E-state index in [2.05, 4.69) is 5.32 Å². The fourth-order valence-electron chi connectivity index (χ4n) is 3.19. The second-order valence-corrected chi connectivity index (χ2v) is 6.30. The zero-order valence-corrected chi connectivity index (χ0v) is 11.7. The molecule has 0 aliphatic carbocycles. The number of rotatable bonds is 1. The van der Waals surface area contributed by atoms with Crippen LogP contribution in [-0.4, -0.2) is 35.3 Å². The predicted molar refractivity (Wildman–Crippen MR) is 74.2 cm³/mol. The van der Waals surface area contributed by atoms with Crippen molar-refractivity contribution in [1.82, 2.24) is 10.2 Å². The van der Waals surface area contributed by atoms with Gasteiger partial charge in [0.2, 0.25) is 5.91 Å². The minimum atomic E-state index is -0.167. The van der Waals surface area contributed by atoms with Crippen molar-refractivity contribution in [3.8, 4) is 0 Å². The third-order valence-corrected chi connectivity index (χ3v) is 4.78. The minimum Gasteiger partial charge on any atom is -0.349 e. The fraction of sp³-hybridized carbons (Fsp3) is 0.571. The first-order chi connectivity index (χ1) is 9.19. The zero-order valence-electron chi connectivity index (χ0n) is 10.9. The van der Waals surface area contributed by atoms with E-state index in [9.17, 15) is 9.59 Å². The van der Waals surface area contributed by atoms with Crippen molar-refractivity contribution in [1.29, 1.82) is 0 Å². The molecule has 4 nitrogen and oxygen atoms in total. The molecule has 0 saturated carbocycles. The summed E-state index contributed by atoms with van der Waals surface area (Å²) in [6.07, 6.45) is 4.51. The van der Waals surface area contributed by atoms with Crippen molar-refractivity contribution in [3.05, 3.63) is 22.4 Å². The molecule has 1 N–H and O–H groups in total. The molecule has 1 spiro atoms. The number of hydrogen-bond donors (Lipinski definition) is 1. The number of amides is 2. The highest BCUT2D eigenvalue weighted by Crippen LogP contribution is 2.30. The van der Waals surface area contributed by atoms with Crippen LogP contribution in [0, 0.1) is 0 Å². The van der Waals surface area contributed by atoms with Gasteiger partial charge in [-0.25, -0.2) is 0 Å². The first-order valence-corrected chi connectivity index (χ1v) is 7.75. The summed E-state index contributed by atoms with van der Waals surface area (Å²) in [7, 11) is 0. The lowest BCUT2D eigenvalue weighted by molar-refractivity contribution is -0.126. The Morgan fingerprint density at radius 1 is 1.37 bits per heavy atom. The van der Waals surface area contributed by atoms with Gasteiger partial charge < -0.3 is 10.2 Å². The summed E-state index contributed by atoms with van der Waals surface area (Å²) >= 11 is 1.54. The largest absolute Gasteiger partial charge is 0.349 e. The maximum absolute atomic E-state index is 12.4. The van der Waals surface area contributed by atoms with Crippen LogP contribution in [0.2, 0.25) is 0 Å². The van der Waals surface area contributed by atoms with Gasteiger partial charge in [-0.1, -0.05) is 0 Å². The molecule has 3 heterocycles. The third kappa shape index (κ3) is 2.52. The lowest BCUT2D eigenvalue weighted by Gasteiger charge is -2.45. The Morgan fingerprint density at radius 3 is 2.95 bits per heavy atom. The number of likely N-dealkylation sites (tertiary alicyclic amines) is 1. The molecule has 0 radical (unpaired) electrons. The fourth-order valence-corrected chi connectivity index (χ4v) is 3.82. The van der Waals surface area contributed by atoms with E-state index in [4.69, 9.17) is 0 Å².